The Kier molecular flexibility index (Phi) is 5.05. The first kappa shape index (κ1) is 19.1. The molecule has 1 aliphatic rings. The van der Waals surface area contributed by atoms with Crippen molar-refractivity contribution >= 4 is 21.6 Å². The van der Waals surface area contributed by atoms with Crippen LogP contribution in [0.2, 0.25) is 0 Å². The monoisotopic (exact) mass is 409 g/mol. The highest BCUT2D eigenvalue weighted by Gasteiger charge is 2.34. The molecule has 0 aliphatic carbocycles. The zero-order valence-electron chi connectivity index (χ0n) is 15.5. The van der Waals surface area contributed by atoms with E-state index in [1.807, 2.05) is 28.8 Å². The van der Waals surface area contributed by atoms with Crippen LogP contribution in [0.1, 0.15) is 35.1 Å². The molecule has 2 aromatic heterocycles. The normalized spacial score (nSPS) is 16.8. The Balaban J connectivity index is 1.64. The molecule has 8 nitrogen and oxygen atoms in total. The number of terminal acetylenes is 1. The molecule has 1 aliphatic heterocycles. The standard InChI is InChI=1S/C20H19N5O3S/c1-2-11-21-29(27,28)16-8-5-7-15(14-16)20(26)24-13-6-9-17(24)19-23-22-18-10-3-4-12-25(18)19/h1,3-5,7-8,10,12,14,17,21H,6,9,11,13H2/t17-/m1/s1. The van der Waals surface area contributed by atoms with Crippen LogP contribution >= 0.6 is 0 Å². The number of carbonyl (C=O) groups excluding carboxylic acids is 1. The quantitative estimate of drug-likeness (QED) is 0.646. The minimum absolute atomic E-state index is 0.00211. The van der Waals surface area contributed by atoms with Gasteiger partial charge in [-0.1, -0.05) is 18.1 Å². The molecule has 1 amide bonds. The molecule has 1 N–H and O–H groups in total. The summed E-state index contributed by atoms with van der Waals surface area (Å²) in [6.07, 6.45) is 8.60. The second-order valence-electron chi connectivity index (χ2n) is 6.70. The maximum absolute atomic E-state index is 13.2. The van der Waals surface area contributed by atoms with Crippen LogP contribution in [0.3, 0.4) is 0 Å². The topological polar surface area (TPSA) is 96.7 Å². The van der Waals surface area contributed by atoms with Gasteiger partial charge in [0.15, 0.2) is 11.5 Å². The van der Waals surface area contributed by atoms with Gasteiger partial charge in [0, 0.05) is 18.3 Å². The van der Waals surface area contributed by atoms with Crippen molar-refractivity contribution < 1.29 is 13.2 Å². The van der Waals surface area contributed by atoms with Gasteiger partial charge in [-0.05, 0) is 43.2 Å². The number of hydrogen-bond acceptors (Lipinski definition) is 5. The van der Waals surface area contributed by atoms with Gasteiger partial charge >= 0.3 is 0 Å². The Morgan fingerprint density at radius 2 is 2.10 bits per heavy atom. The first-order valence-corrected chi connectivity index (χ1v) is 10.6. The summed E-state index contributed by atoms with van der Waals surface area (Å²) in [6.45, 7) is 0.451. The zero-order valence-corrected chi connectivity index (χ0v) is 16.3. The molecule has 4 rings (SSSR count). The van der Waals surface area contributed by atoms with Gasteiger partial charge in [0.25, 0.3) is 5.91 Å². The third-order valence-electron chi connectivity index (χ3n) is 4.91. The molecule has 3 heterocycles. The maximum atomic E-state index is 13.2. The number of rotatable bonds is 5. The first-order chi connectivity index (χ1) is 14.0. The fourth-order valence-electron chi connectivity index (χ4n) is 3.55. The summed E-state index contributed by atoms with van der Waals surface area (Å²) >= 11 is 0. The largest absolute Gasteiger partial charge is 0.328 e. The third-order valence-corrected chi connectivity index (χ3v) is 6.31. The van der Waals surface area contributed by atoms with Crippen molar-refractivity contribution in [3.05, 3.63) is 60.0 Å². The number of likely N-dealkylation sites (tertiary alicyclic amines) is 1. The van der Waals surface area contributed by atoms with E-state index in [0.29, 0.717) is 17.9 Å². The SMILES string of the molecule is C#CCNS(=O)(=O)c1cccc(C(=O)N2CCC[C@@H]2c2nnc3ccccn23)c1. The Bertz CT molecular complexity index is 1210. The molecule has 0 bridgehead atoms. The number of hydrogen-bond donors (Lipinski definition) is 1. The second-order valence-corrected chi connectivity index (χ2v) is 8.47. The molecule has 9 heteroatoms. The average molecular weight is 409 g/mol. The van der Waals surface area contributed by atoms with Crippen LogP contribution < -0.4 is 4.72 Å². The van der Waals surface area contributed by atoms with E-state index in [9.17, 15) is 13.2 Å². The van der Waals surface area contributed by atoms with Gasteiger partial charge in [0.1, 0.15) is 0 Å². The lowest BCUT2D eigenvalue weighted by Gasteiger charge is -2.23. The summed E-state index contributed by atoms with van der Waals surface area (Å²) in [5.41, 5.74) is 1.02. The van der Waals surface area contributed by atoms with Gasteiger partial charge in [0.05, 0.1) is 17.5 Å². The summed E-state index contributed by atoms with van der Waals surface area (Å²) in [6, 6.07) is 11.4. The zero-order chi connectivity index (χ0) is 20.4. The van der Waals surface area contributed by atoms with E-state index in [0.717, 1.165) is 18.5 Å². The highest BCUT2D eigenvalue weighted by atomic mass is 32.2. The summed E-state index contributed by atoms with van der Waals surface area (Å²) < 4.78 is 28.8. The summed E-state index contributed by atoms with van der Waals surface area (Å²) in [5.74, 6) is 2.69. The minimum Gasteiger partial charge on any atom is -0.328 e. The number of fused-ring (bicyclic) bond motifs is 1. The van der Waals surface area contributed by atoms with Crippen LogP contribution in [0.5, 0.6) is 0 Å². The Morgan fingerprint density at radius 1 is 1.24 bits per heavy atom. The fraction of sp³-hybridized carbons (Fsp3) is 0.250. The number of aromatic nitrogens is 3. The fourth-order valence-corrected chi connectivity index (χ4v) is 4.53. The Hall–Kier alpha value is -3.22. The number of sulfonamides is 1. The number of nitrogens with zero attached hydrogens (tertiary/aromatic N) is 4. The van der Waals surface area contributed by atoms with E-state index in [-0.39, 0.29) is 23.4 Å². The van der Waals surface area contributed by atoms with Gasteiger partial charge in [-0.25, -0.2) is 8.42 Å². The molecule has 1 atom stereocenters. The summed E-state index contributed by atoms with van der Waals surface area (Å²) in [7, 11) is -3.78. The van der Waals surface area contributed by atoms with E-state index < -0.39 is 10.0 Å². The number of carbonyl (C=O) groups is 1. The van der Waals surface area contributed by atoms with E-state index in [4.69, 9.17) is 6.42 Å². The number of pyridine rings is 1. The minimum atomic E-state index is -3.78. The predicted molar refractivity (Wildman–Crippen MR) is 106 cm³/mol. The van der Waals surface area contributed by atoms with Crippen molar-refractivity contribution in [3.8, 4) is 12.3 Å². The van der Waals surface area contributed by atoms with Crippen LogP contribution in [0.15, 0.2) is 53.6 Å². The van der Waals surface area contributed by atoms with E-state index in [1.54, 1.807) is 17.0 Å². The van der Waals surface area contributed by atoms with Crippen molar-refractivity contribution in [2.75, 3.05) is 13.1 Å². The lowest BCUT2D eigenvalue weighted by Crippen LogP contribution is -2.32. The van der Waals surface area contributed by atoms with Gasteiger partial charge in [0.2, 0.25) is 10.0 Å². The Morgan fingerprint density at radius 3 is 2.93 bits per heavy atom. The predicted octanol–water partition coefficient (Wildman–Crippen LogP) is 1.62. The molecule has 0 radical (unpaired) electrons. The van der Waals surface area contributed by atoms with Gasteiger partial charge in [-0.15, -0.1) is 16.6 Å². The summed E-state index contributed by atoms with van der Waals surface area (Å²) in [5, 5.41) is 8.46. The average Bonchev–Trinajstić information content (AvgIpc) is 3.38. The molecule has 0 saturated carbocycles. The molecule has 3 aromatic rings. The number of benzene rings is 1. The lowest BCUT2D eigenvalue weighted by molar-refractivity contribution is 0.0729. The van der Waals surface area contributed by atoms with Crippen molar-refractivity contribution in [2.45, 2.75) is 23.8 Å². The molecular weight excluding hydrogens is 390 g/mol. The Labute approximate surface area is 168 Å². The molecule has 148 valence electrons. The summed E-state index contributed by atoms with van der Waals surface area (Å²) in [4.78, 5) is 14.9. The lowest BCUT2D eigenvalue weighted by atomic mass is 10.1. The highest BCUT2D eigenvalue weighted by molar-refractivity contribution is 7.89. The van der Waals surface area contributed by atoms with E-state index in [2.05, 4.69) is 20.8 Å². The van der Waals surface area contributed by atoms with Gasteiger partial charge in [-0.3, -0.25) is 9.20 Å². The molecule has 1 fully saturated rings. The molecule has 0 spiro atoms. The van der Waals surface area contributed by atoms with Gasteiger partial charge < -0.3 is 4.90 Å². The number of amides is 1. The van der Waals surface area contributed by atoms with Gasteiger partial charge in [-0.2, -0.15) is 4.72 Å². The van der Waals surface area contributed by atoms with Crippen LogP contribution in [0.25, 0.3) is 5.65 Å². The molecule has 1 saturated heterocycles. The second kappa shape index (κ2) is 7.66. The molecule has 29 heavy (non-hydrogen) atoms. The molecular formula is C20H19N5O3S. The highest BCUT2D eigenvalue weighted by Crippen LogP contribution is 2.32. The molecule has 1 aromatic carbocycles. The van der Waals surface area contributed by atoms with E-state index >= 15 is 0 Å². The number of nitrogens with one attached hydrogen (secondary N) is 1. The maximum Gasteiger partial charge on any atom is 0.254 e. The van der Waals surface area contributed by atoms with Crippen LogP contribution in [-0.4, -0.2) is 46.9 Å². The van der Waals surface area contributed by atoms with Crippen molar-refractivity contribution in [3.63, 3.8) is 0 Å². The van der Waals surface area contributed by atoms with Crippen LogP contribution in [-0.2, 0) is 10.0 Å². The smallest absolute Gasteiger partial charge is 0.254 e. The van der Waals surface area contributed by atoms with E-state index in [1.165, 1.54) is 12.1 Å². The van der Waals surface area contributed by atoms with Crippen LogP contribution in [0.4, 0.5) is 0 Å². The van der Waals surface area contributed by atoms with Crippen molar-refractivity contribution in [2.24, 2.45) is 0 Å². The van der Waals surface area contributed by atoms with Crippen LogP contribution in [0, 0.1) is 12.3 Å². The first-order valence-electron chi connectivity index (χ1n) is 9.15. The molecule has 0 unspecified atom stereocenters. The third kappa shape index (κ3) is 3.60. The van der Waals surface area contributed by atoms with Crippen molar-refractivity contribution in [1.82, 2.24) is 24.2 Å². The van der Waals surface area contributed by atoms with Crippen molar-refractivity contribution in [1.29, 1.82) is 0 Å².